The summed E-state index contributed by atoms with van der Waals surface area (Å²) in [5.41, 5.74) is 2.57. The Labute approximate surface area is 123 Å². The zero-order valence-corrected chi connectivity index (χ0v) is 12.3. The van der Waals surface area contributed by atoms with Crippen molar-refractivity contribution in [1.82, 2.24) is 4.90 Å². The van der Waals surface area contributed by atoms with E-state index < -0.39 is 0 Å². The van der Waals surface area contributed by atoms with Crippen molar-refractivity contribution in [2.75, 3.05) is 26.0 Å². The van der Waals surface area contributed by atoms with Crippen LogP contribution in [-0.4, -0.2) is 37.7 Å². The van der Waals surface area contributed by atoms with Gasteiger partial charge < -0.3 is 14.6 Å². The second-order valence-corrected chi connectivity index (χ2v) is 5.14. The number of amides is 1. The minimum absolute atomic E-state index is 0.0583. The fraction of sp³-hybridized carbons (Fsp3) is 0.250. The largest absolute Gasteiger partial charge is 0.453 e. The summed E-state index contributed by atoms with van der Waals surface area (Å²) in [4.78, 5) is 24.2. The van der Waals surface area contributed by atoms with Crippen molar-refractivity contribution in [2.45, 2.75) is 6.92 Å². The molecule has 0 saturated carbocycles. The van der Waals surface area contributed by atoms with Gasteiger partial charge in [0.1, 0.15) is 5.76 Å². The first-order valence-corrected chi connectivity index (χ1v) is 6.60. The Hall–Kier alpha value is -2.40. The fourth-order valence-corrected chi connectivity index (χ4v) is 2.01. The van der Waals surface area contributed by atoms with Crippen molar-refractivity contribution in [2.24, 2.45) is 0 Å². The SMILES string of the molecule is Cc1cc(-c2ccc(C=O)o2)ccc1NC(=O)CN(C)C. The predicted molar refractivity (Wildman–Crippen MR) is 81.5 cm³/mol. The van der Waals surface area contributed by atoms with Gasteiger partial charge in [-0.05, 0) is 56.9 Å². The molecule has 2 aromatic rings. The fourth-order valence-electron chi connectivity index (χ4n) is 2.01. The number of nitrogens with one attached hydrogen (secondary N) is 1. The van der Waals surface area contributed by atoms with Crippen molar-refractivity contribution < 1.29 is 14.0 Å². The molecule has 0 fully saturated rings. The molecule has 5 nitrogen and oxygen atoms in total. The molecule has 0 unspecified atom stereocenters. The second kappa shape index (κ2) is 6.37. The maximum atomic E-state index is 11.8. The van der Waals surface area contributed by atoms with E-state index >= 15 is 0 Å². The van der Waals surface area contributed by atoms with Gasteiger partial charge in [-0.2, -0.15) is 0 Å². The van der Waals surface area contributed by atoms with Crippen LogP contribution in [0.4, 0.5) is 5.69 Å². The third-order valence-corrected chi connectivity index (χ3v) is 2.99. The maximum absolute atomic E-state index is 11.8. The number of aryl methyl sites for hydroxylation is 1. The molecule has 21 heavy (non-hydrogen) atoms. The molecule has 0 aliphatic carbocycles. The van der Waals surface area contributed by atoms with E-state index in [0.717, 1.165) is 16.8 Å². The molecule has 110 valence electrons. The Kier molecular flexibility index (Phi) is 4.55. The molecule has 0 bridgehead atoms. The quantitative estimate of drug-likeness (QED) is 0.858. The summed E-state index contributed by atoms with van der Waals surface area (Å²) in [6, 6.07) is 8.99. The molecule has 5 heteroatoms. The second-order valence-electron chi connectivity index (χ2n) is 5.14. The van der Waals surface area contributed by atoms with Crippen molar-refractivity contribution in [3.8, 4) is 11.3 Å². The lowest BCUT2D eigenvalue weighted by Crippen LogP contribution is -2.27. The minimum atomic E-state index is -0.0583. The van der Waals surface area contributed by atoms with E-state index in [4.69, 9.17) is 4.42 Å². The Balaban J connectivity index is 2.17. The summed E-state index contributed by atoms with van der Waals surface area (Å²) in [6.07, 6.45) is 0.673. The number of furan rings is 1. The Morgan fingerprint density at radius 1 is 1.29 bits per heavy atom. The highest BCUT2D eigenvalue weighted by Crippen LogP contribution is 2.26. The van der Waals surface area contributed by atoms with E-state index in [-0.39, 0.29) is 5.91 Å². The molecule has 0 spiro atoms. The van der Waals surface area contributed by atoms with Crippen LogP contribution in [0.1, 0.15) is 16.1 Å². The van der Waals surface area contributed by atoms with Crippen molar-refractivity contribution in [3.05, 3.63) is 41.7 Å². The highest BCUT2D eigenvalue weighted by atomic mass is 16.3. The molecule has 0 atom stereocenters. The molecule has 0 aliphatic heterocycles. The van der Waals surface area contributed by atoms with Crippen LogP contribution < -0.4 is 5.32 Å². The van der Waals surface area contributed by atoms with Gasteiger partial charge in [0.15, 0.2) is 12.0 Å². The van der Waals surface area contributed by atoms with E-state index in [1.54, 1.807) is 12.1 Å². The molecular formula is C16H18N2O3. The van der Waals surface area contributed by atoms with E-state index in [9.17, 15) is 9.59 Å². The van der Waals surface area contributed by atoms with E-state index in [0.29, 0.717) is 24.4 Å². The first kappa shape index (κ1) is 15.0. The van der Waals surface area contributed by atoms with Crippen molar-refractivity contribution >= 4 is 17.9 Å². The number of likely N-dealkylation sites (N-methyl/N-ethyl adjacent to an activating group) is 1. The minimum Gasteiger partial charge on any atom is -0.453 e. The number of hydrogen-bond acceptors (Lipinski definition) is 4. The Morgan fingerprint density at radius 2 is 2.05 bits per heavy atom. The summed E-state index contributed by atoms with van der Waals surface area (Å²) >= 11 is 0. The van der Waals surface area contributed by atoms with Crippen LogP contribution in [0.2, 0.25) is 0 Å². The monoisotopic (exact) mass is 286 g/mol. The van der Waals surface area contributed by atoms with Gasteiger partial charge >= 0.3 is 0 Å². The first-order chi connectivity index (χ1) is 9.99. The first-order valence-electron chi connectivity index (χ1n) is 6.60. The molecule has 0 radical (unpaired) electrons. The molecule has 1 amide bonds. The van der Waals surface area contributed by atoms with E-state index in [1.165, 1.54) is 0 Å². The zero-order chi connectivity index (χ0) is 15.4. The van der Waals surface area contributed by atoms with Crippen LogP contribution in [0.3, 0.4) is 0 Å². The molecule has 0 saturated heterocycles. The van der Waals surface area contributed by atoms with Crippen molar-refractivity contribution in [1.29, 1.82) is 0 Å². The van der Waals surface area contributed by atoms with Crippen LogP contribution in [0.5, 0.6) is 0 Å². The number of hydrogen-bond donors (Lipinski definition) is 1. The molecule has 2 rings (SSSR count). The Morgan fingerprint density at radius 3 is 2.62 bits per heavy atom. The summed E-state index contributed by atoms with van der Waals surface area (Å²) in [5.74, 6) is 0.870. The highest BCUT2D eigenvalue weighted by Gasteiger charge is 2.09. The number of rotatable bonds is 5. The Bertz CT molecular complexity index is 659. The number of carbonyl (C=O) groups excluding carboxylic acids is 2. The number of benzene rings is 1. The van der Waals surface area contributed by atoms with Crippen molar-refractivity contribution in [3.63, 3.8) is 0 Å². The number of carbonyl (C=O) groups is 2. The van der Waals surface area contributed by atoms with Gasteiger partial charge in [0, 0.05) is 11.3 Å². The van der Waals surface area contributed by atoms with Gasteiger partial charge in [0.2, 0.25) is 5.91 Å². The average Bonchev–Trinajstić information content (AvgIpc) is 2.89. The van der Waals surface area contributed by atoms with Gasteiger partial charge in [0.25, 0.3) is 0 Å². The third kappa shape index (κ3) is 3.79. The zero-order valence-electron chi connectivity index (χ0n) is 12.3. The molecule has 1 aromatic heterocycles. The van der Waals surface area contributed by atoms with Crippen LogP contribution in [0, 0.1) is 6.92 Å². The number of nitrogens with zero attached hydrogens (tertiary/aromatic N) is 1. The third-order valence-electron chi connectivity index (χ3n) is 2.99. The molecule has 0 aliphatic rings. The lowest BCUT2D eigenvalue weighted by Gasteiger charge is -2.12. The van der Waals surface area contributed by atoms with E-state index in [1.807, 2.05) is 44.1 Å². The molecular weight excluding hydrogens is 268 g/mol. The molecule has 1 aromatic carbocycles. The van der Waals surface area contributed by atoms with Crippen LogP contribution in [0.25, 0.3) is 11.3 Å². The topological polar surface area (TPSA) is 62.6 Å². The predicted octanol–water partition coefficient (Wildman–Crippen LogP) is 2.57. The molecule has 1 N–H and O–H groups in total. The summed E-state index contributed by atoms with van der Waals surface area (Å²) < 4.78 is 5.39. The van der Waals surface area contributed by atoms with Crippen LogP contribution >= 0.6 is 0 Å². The maximum Gasteiger partial charge on any atom is 0.238 e. The smallest absolute Gasteiger partial charge is 0.238 e. The van der Waals surface area contributed by atoms with Gasteiger partial charge in [-0.15, -0.1) is 0 Å². The summed E-state index contributed by atoms with van der Waals surface area (Å²) in [5, 5.41) is 2.87. The van der Waals surface area contributed by atoms with E-state index in [2.05, 4.69) is 5.32 Å². The standard InChI is InChI=1S/C16H18N2O3/c1-11-8-12(15-7-5-13(10-19)21-15)4-6-14(11)17-16(20)9-18(2)3/h4-8,10H,9H2,1-3H3,(H,17,20). The summed E-state index contributed by atoms with van der Waals surface area (Å²) in [7, 11) is 3.69. The number of aldehydes is 1. The van der Waals surface area contributed by atoms with Crippen LogP contribution in [0.15, 0.2) is 34.7 Å². The van der Waals surface area contributed by atoms with Gasteiger partial charge in [0.05, 0.1) is 6.54 Å². The highest BCUT2D eigenvalue weighted by molar-refractivity contribution is 5.93. The van der Waals surface area contributed by atoms with Crippen LogP contribution in [-0.2, 0) is 4.79 Å². The van der Waals surface area contributed by atoms with Gasteiger partial charge in [-0.25, -0.2) is 0 Å². The average molecular weight is 286 g/mol. The number of anilines is 1. The normalized spacial score (nSPS) is 10.7. The summed E-state index contributed by atoms with van der Waals surface area (Å²) in [6.45, 7) is 2.25. The van der Waals surface area contributed by atoms with Gasteiger partial charge in [-0.1, -0.05) is 0 Å². The lowest BCUT2D eigenvalue weighted by molar-refractivity contribution is -0.116. The lowest BCUT2D eigenvalue weighted by atomic mass is 10.1. The van der Waals surface area contributed by atoms with Gasteiger partial charge in [-0.3, -0.25) is 9.59 Å². The molecule has 1 heterocycles.